The average molecular weight is 210 g/mol. The van der Waals surface area contributed by atoms with Gasteiger partial charge in [0, 0.05) is 0 Å². The Bertz CT molecular complexity index is 154. The number of nitrogens with one attached hydrogen (secondary N) is 1. The van der Waals surface area contributed by atoms with E-state index in [0.717, 1.165) is 0 Å². The number of carbonyl (C=O) groups excluding carboxylic acids is 1. The Balaban J connectivity index is 3.53. The summed E-state index contributed by atoms with van der Waals surface area (Å²) in [6.07, 6.45) is -0.293. The van der Waals surface area contributed by atoms with Crippen molar-refractivity contribution in [1.82, 2.24) is 5.32 Å². The summed E-state index contributed by atoms with van der Waals surface area (Å²) in [4.78, 5) is 9.91. The summed E-state index contributed by atoms with van der Waals surface area (Å²) in [5.41, 5.74) is 0. The van der Waals surface area contributed by atoms with Gasteiger partial charge in [-0.2, -0.15) is 0 Å². The number of rotatable bonds is 2. The van der Waals surface area contributed by atoms with E-state index in [9.17, 15) is 9.36 Å². The highest BCUT2D eigenvalue weighted by molar-refractivity contribution is 8.08. The lowest BCUT2D eigenvalue weighted by atomic mass is 11.2. The van der Waals surface area contributed by atoms with E-state index in [-0.39, 0.29) is 6.29 Å². The van der Waals surface area contributed by atoms with Crippen molar-refractivity contribution in [3.05, 3.63) is 0 Å². The summed E-state index contributed by atoms with van der Waals surface area (Å²) in [5, 5.41) is 1.16. The van der Waals surface area contributed by atoms with Crippen LogP contribution in [0.3, 0.4) is 0 Å². The van der Waals surface area contributed by atoms with Gasteiger partial charge in [-0.15, -0.1) is 0 Å². The molecule has 0 radical (unpaired) electrons. The normalized spacial score (nSPS) is 11.0. The molecule has 7 heteroatoms. The van der Waals surface area contributed by atoms with E-state index >= 15 is 0 Å². The molecule has 0 saturated heterocycles. The SMILES string of the molecule is O=C(Cl)NCP(=O)(Cl)Cl. The van der Waals surface area contributed by atoms with Gasteiger partial charge in [0.05, 0.1) is 6.29 Å². The van der Waals surface area contributed by atoms with Crippen molar-refractivity contribution < 1.29 is 9.36 Å². The first-order chi connectivity index (χ1) is 3.92. The molecule has 0 aliphatic rings. The van der Waals surface area contributed by atoms with Crippen molar-refractivity contribution in [2.45, 2.75) is 0 Å². The molecule has 0 aromatic heterocycles. The second-order valence-electron chi connectivity index (χ2n) is 1.18. The molecule has 0 fully saturated rings. The van der Waals surface area contributed by atoms with Crippen molar-refractivity contribution in [3.8, 4) is 0 Å². The van der Waals surface area contributed by atoms with Crippen LogP contribution in [0.15, 0.2) is 0 Å². The number of halogens is 3. The highest BCUT2D eigenvalue weighted by Crippen LogP contribution is 2.55. The van der Waals surface area contributed by atoms with Crippen LogP contribution < -0.4 is 5.32 Å². The van der Waals surface area contributed by atoms with E-state index in [1.54, 1.807) is 0 Å². The monoisotopic (exact) mass is 209 g/mol. The first-order valence-electron chi connectivity index (χ1n) is 1.83. The zero-order valence-corrected chi connectivity index (χ0v) is 7.27. The first kappa shape index (κ1) is 9.57. The second-order valence-corrected chi connectivity index (χ2v) is 6.77. The molecule has 0 saturated carbocycles. The van der Waals surface area contributed by atoms with Gasteiger partial charge in [0.25, 0.3) is 5.85 Å². The molecule has 0 atom stereocenters. The molecule has 0 aromatic rings. The predicted molar refractivity (Wildman–Crippen MR) is 38.6 cm³/mol. The zero-order valence-electron chi connectivity index (χ0n) is 4.10. The predicted octanol–water partition coefficient (Wildman–Crippen LogP) is 2.56. The lowest BCUT2D eigenvalue weighted by Gasteiger charge is -1.98. The molecule has 1 amide bonds. The Hall–Kier alpha value is 0.570. The third kappa shape index (κ3) is 8.57. The third-order valence-electron chi connectivity index (χ3n) is 0.402. The summed E-state index contributed by atoms with van der Waals surface area (Å²) in [6.45, 7) is 0. The minimum Gasteiger partial charge on any atom is -0.333 e. The van der Waals surface area contributed by atoms with Gasteiger partial charge in [-0.05, 0) is 34.1 Å². The number of hydrogen-bond donors (Lipinski definition) is 1. The molecule has 0 aliphatic heterocycles. The summed E-state index contributed by atoms with van der Waals surface area (Å²) in [7, 11) is 0. The minimum atomic E-state index is -3.19. The van der Waals surface area contributed by atoms with Gasteiger partial charge in [-0.25, -0.2) is 0 Å². The smallest absolute Gasteiger partial charge is 0.314 e. The molecule has 0 heterocycles. The Labute approximate surface area is 66.6 Å². The first-order valence-corrected chi connectivity index (χ1v) is 5.91. The Morgan fingerprint density at radius 3 is 2.11 bits per heavy atom. The number of hydrogen-bond acceptors (Lipinski definition) is 2. The van der Waals surface area contributed by atoms with Crippen LogP contribution in [0.1, 0.15) is 0 Å². The summed E-state index contributed by atoms with van der Waals surface area (Å²) >= 11 is 14.8. The maximum atomic E-state index is 10.4. The molecule has 0 bridgehead atoms. The Morgan fingerprint density at radius 2 is 2.00 bits per heavy atom. The fourth-order valence-electron chi connectivity index (χ4n) is 0.154. The molecule has 0 spiro atoms. The van der Waals surface area contributed by atoms with Crippen LogP contribution in [-0.2, 0) is 4.57 Å². The summed E-state index contributed by atoms with van der Waals surface area (Å²) in [6, 6.07) is 0. The van der Waals surface area contributed by atoms with Gasteiger partial charge in [-0.3, -0.25) is 9.36 Å². The van der Waals surface area contributed by atoms with E-state index in [4.69, 9.17) is 34.1 Å². The quantitative estimate of drug-likeness (QED) is 0.432. The van der Waals surface area contributed by atoms with Crippen molar-refractivity contribution in [3.63, 3.8) is 0 Å². The van der Waals surface area contributed by atoms with Crippen LogP contribution in [0.4, 0.5) is 4.79 Å². The van der Waals surface area contributed by atoms with Crippen LogP contribution >= 0.6 is 39.9 Å². The van der Waals surface area contributed by atoms with Crippen LogP contribution in [-0.4, -0.2) is 11.7 Å². The van der Waals surface area contributed by atoms with Gasteiger partial charge in [0.1, 0.15) is 0 Å². The summed E-state index contributed by atoms with van der Waals surface area (Å²) < 4.78 is 10.4. The van der Waals surface area contributed by atoms with Gasteiger partial charge in [-0.1, -0.05) is 0 Å². The highest BCUT2D eigenvalue weighted by atomic mass is 35.9. The van der Waals surface area contributed by atoms with Gasteiger partial charge >= 0.3 is 5.37 Å². The summed E-state index contributed by atoms with van der Waals surface area (Å²) in [5.74, 6) is -3.19. The van der Waals surface area contributed by atoms with Crippen molar-refractivity contribution in [1.29, 1.82) is 0 Å². The molecule has 1 N–H and O–H groups in total. The molecular weight excluding hydrogens is 207 g/mol. The molecule has 9 heavy (non-hydrogen) atoms. The number of carbonyl (C=O) groups is 1. The van der Waals surface area contributed by atoms with E-state index in [2.05, 4.69) is 0 Å². The molecule has 0 aliphatic carbocycles. The maximum absolute atomic E-state index is 10.4. The van der Waals surface area contributed by atoms with Crippen molar-refractivity contribution in [2.75, 3.05) is 6.29 Å². The van der Waals surface area contributed by atoms with Crippen LogP contribution in [0.2, 0.25) is 0 Å². The van der Waals surface area contributed by atoms with Gasteiger partial charge < -0.3 is 5.32 Å². The molecule has 0 rings (SSSR count). The van der Waals surface area contributed by atoms with Crippen LogP contribution in [0.5, 0.6) is 0 Å². The average Bonchev–Trinajstić information content (AvgIpc) is 1.59. The molecular formula is C2H3Cl3NO2P. The fourth-order valence-corrected chi connectivity index (χ4v) is 1.00. The van der Waals surface area contributed by atoms with E-state index in [1.165, 1.54) is 0 Å². The van der Waals surface area contributed by atoms with Gasteiger partial charge in [0.15, 0.2) is 0 Å². The Kier molecular flexibility index (Phi) is 3.90. The van der Waals surface area contributed by atoms with Crippen LogP contribution in [0, 0.1) is 0 Å². The third-order valence-corrected chi connectivity index (χ3v) is 1.78. The second kappa shape index (κ2) is 3.67. The van der Waals surface area contributed by atoms with E-state index < -0.39 is 11.2 Å². The van der Waals surface area contributed by atoms with E-state index in [1.807, 2.05) is 5.32 Å². The fraction of sp³-hybridized carbons (Fsp3) is 0.500. The molecule has 0 unspecified atom stereocenters. The van der Waals surface area contributed by atoms with Crippen molar-refractivity contribution >= 4 is 45.3 Å². The largest absolute Gasteiger partial charge is 0.333 e. The molecule has 54 valence electrons. The zero-order chi connectivity index (χ0) is 7.49. The lowest BCUT2D eigenvalue weighted by Crippen LogP contribution is -2.15. The molecule has 3 nitrogen and oxygen atoms in total. The Morgan fingerprint density at radius 1 is 1.56 bits per heavy atom. The topological polar surface area (TPSA) is 46.2 Å². The lowest BCUT2D eigenvalue weighted by molar-refractivity contribution is 0.261. The van der Waals surface area contributed by atoms with Crippen molar-refractivity contribution in [2.24, 2.45) is 0 Å². The van der Waals surface area contributed by atoms with Gasteiger partial charge in [0.2, 0.25) is 0 Å². The van der Waals surface area contributed by atoms with Crippen LogP contribution in [0.25, 0.3) is 0 Å². The molecule has 0 aromatic carbocycles. The number of amides is 1. The standard InChI is InChI=1S/C2H3Cl3NO2P/c3-2(7)6-1-9(4,5)8/h1H2,(H,6,7). The highest BCUT2D eigenvalue weighted by Gasteiger charge is 2.13. The van der Waals surface area contributed by atoms with E-state index in [0.29, 0.717) is 0 Å². The minimum absolute atomic E-state index is 0.293. The maximum Gasteiger partial charge on any atom is 0.314 e.